The van der Waals surface area contributed by atoms with E-state index >= 15 is 0 Å². The summed E-state index contributed by atoms with van der Waals surface area (Å²) in [4.78, 5) is 0. The number of fused-ring (bicyclic) bond motifs is 2. The number of phenolic OH excluding ortho intramolecular Hbond substituents is 1. The quantitative estimate of drug-likeness (QED) is 0.605. The van der Waals surface area contributed by atoms with Crippen LogP contribution in [0.3, 0.4) is 0 Å². The summed E-state index contributed by atoms with van der Waals surface area (Å²) in [6.45, 7) is 0. The molecule has 1 heteroatoms. The highest BCUT2D eigenvalue weighted by atomic mass is 16.3. The van der Waals surface area contributed by atoms with Gasteiger partial charge in [-0.05, 0) is 48.3 Å². The summed E-state index contributed by atoms with van der Waals surface area (Å²) >= 11 is 0. The summed E-state index contributed by atoms with van der Waals surface area (Å²) in [5.41, 5.74) is 3.16. The summed E-state index contributed by atoms with van der Waals surface area (Å²) in [7, 11) is 0. The minimum atomic E-state index is 0.350. The Hall–Kier alpha value is -2.28. The lowest BCUT2D eigenvalue weighted by Crippen LogP contribution is -2.00. The minimum Gasteiger partial charge on any atom is -0.507 e. The molecule has 0 atom stereocenters. The molecule has 3 aromatic carbocycles. The van der Waals surface area contributed by atoms with Gasteiger partial charge >= 0.3 is 0 Å². The molecule has 0 fully saturated rings. The van der Waals surface area contributed by atoms with Crippen molar-refractivity contribution >= 4 is 10.8 Å². The lowest BCUT2D eigenvalue weighted by Gasteiger charge is -2.13. The first kappa shape index (κ1) is 13.7. The van der Waals surface area contributed by atoms with Crippen molar-refractivity contribution in [2.24, 2.45) is 0 Å². The van der Waals surface area contributed by atoms with E-state index < -0.39 is 0 Å². The molecule has 4 rings (SSSR count). The number of aryl methyl sites for hydroxylation is 2. The maximum Gasteiger partial charge on any atom is 0.123 e. The molecular formula is C20H20O. The van der Waals surface area contributed by atoms with Crippen LogP contribution >= 0.6 is 0 Å². The maximum atomic E-state index is 9.37. The van der Waals surface area contributed by atoms with E-state index in [4.69, 9.17) is 0 Å². The molecule has 0 saturated heterocycles. The standard InChI is InChI=1S/C10H8O.C10H12/c11-10-7-3-5-8-4-1-2-6-9(8)10;1-2-6-10-8-4-3-7-9(10)5-1/h1-7,11H;1-2,5-6H,3-4,7-8H2. The lowest BCUT2D eigenvalue weighted by atomic mass is 9.92. The van der Waals surface area contributed by atoms with Gasteiger partial charge in [0.15, 0.2) is 0 Å². The molecule has 1 N–H and O–H groups in total. The Labute approximate surface area is 125 Å². The second-order valence-electron chi connectivity index (χ2n) is 5.47. The zero-order chi connectivity index (χ0) is 14.5. The smallest absolute Gasteiger partial charge is 0.123 e. The van der Waals surface area contributed by atoms with Gasteiger partial charge in [0.1, 0.15) is 5.75 Å². The SMILES string of the molecule is Oc1cccc2ccccc12.c1ccc2c(c1)CCCC2. The zero-order valence-electron chi connectivity index (χ0n) is 12.1. The van der Waals surface area contributed by atoms with Gasteiger partial charge in [0, 0.05) is 5.39 Å². The number of benzene rings is 3. The Morgan fingerprint density at radius 2 is 1.19 bits per heavy atom. The normalized spacial score (nSPS) is 13.1. The van der Waals surface area contributed by atoms with E-state index in [1.165, 1.54) is 25.7 Å². The van der Waals surface area contributed by atoms with Crippen LogP contribution in [0.25, 0.3) is 10.8 Å². The van der Waals surface area contributed by atoms with Crippen LogP contribution in [0.1, 0.15) is 24.0 Å². The molecule has 1 aliphatic carbocycles. The third-order valence-corrected chi connectivity index (χ3v) is 4.03. The highest BCUT2D eigenvalue weighted by molar-refractivity contribution is 5.87. The third-order valence-electron chi connectivity index (χ3n) is 4.03. The molecule has 1 aliphatic rings. The summed E-state index contributed by atoms with van der Waals surface area (Å²) in [6.07, 6.45) is 5.38. The monoisotopic (exact) mass is 276 g/mol. The second-order valence-corrected chi connectivity index (χ2v) is 5.47. The number of aromatic hydroxyl groups is 1. The van der Waals surface area contributed by atoms with Gasteiger partial charge in [0.2, 0.25) is 0 Å². The van der Waals surface area contributed by atoms with E-state index in [9.17, 15) is 5.11 Å². The Bertz CT molecular complexity index is 700. The van der Waals surface area contributed by atoms with Gasteiger partial charge in [-0.3, -0.25) is 0 Å². The molecule has 0 unspecified atom stereocenters. The first-order chi connectivity index (χ1) is 10.3. The van der Waals surface area contributed by atoms with Crippen molar-refractivity contribution in [1.82, 2.24) is 0 Å². The lowest BCUT2D eigenvalue weighted by molar-refractivity contribution is 0.481. The molecule has 0 radical (unpaired) electrons. The fourth-order valence-electron chi connectivity index (χ4n) is 2.88. The molecule has 0 bridgehead atoms. The van der Waals surface area contributed by atoms with Gasteiger partial charge in [-0.1, -0.05) is 60.7 Å². The van der Waals surface area contributed by atoms with Gasteiger partial charge in [-0.25, -0.2) is 0 Å². The molecule has 3 aromatic rings. The predicted molar refractivity (Wildman–Crippen MR) is 88.7 cm³/mol. The number of rotatable bonds is 0. The summed E-state index contributed by atoms with van der Waals surface area (Å²) < 4.78 is 0. The van der Waals surface area contributed by atoms with Crippen molar-refractivity contribution in [2.75, 3.05) is 0 Å². The van der Waals surface area contributed by atoms with Gasteiger partial charge < -0.3 is 5.11 Å². The van der Waals surface area contributed by atoms with Crippen molar-refractivity contribution in [1.29, 1.82) is 0 Å². The van der Waals surface area contributed by atoms with Crippen LogP contribution < -0.4 is 0 Å². The molecule has 0 amide bonds. The molecule has 106 valence electrons. The van der Waals surface area contributed by atoms with E-state index in [2.05, 4.69) is 24.3 Å². The Morgan fingerprint density at radius 3 is 1.86 bits per heavy atom. The predicted octanol–water partition coefficient (Wildman–Crippen LogP) is 5.11. The van der Waals surface area contributed by atoms with Gasteiger partial charge in [0.25, 0.3) is 0 Å². The molecule has 0 saturated carbocycles. The molecule has 0 aromatic heterocycles. The van der Waals surface area contributed by atoms with E-state index in [1.54, 1.807) is 17.2 Å². The molecule has 0 aliphatic heterocycles. The molecular weight excluding hydrogens is 256 g/mol. The Morgan fingerprint density at radius 1 is 0.619 bits per heavy atom. The van der Waals surface area contributed by atoms with Crippen molar-refractivity contribution < 1.29 is 5.11 Å². The molecule has 0 spiro atoms. The fraction of sp³-hybridized carbons (Fsp3) is 0.200. The number of phenols is 1. The van der Waals surface area contributed by atoms with Gasteiger partial charge in [0.05, 0.1) is 0 Å². The maximum absolute atomic E-state index is 9.37. The van der Waals surface area contributed by atoms with Crippen molar-refractivity contribution in [3.8, 4) is 5.75 Å². The highest BCUT2D eigenvalue weighted by Gasteiger charge is 2.06. The average Bonchev–Trinajstić information content (AvgIpc) is 2.56. The summed E-state index contributed by atoms with van der Waals surface area (Å²) in [5, 5.41) is 11.4. The number of hydrogen-bond donors (Lipinski definition) is 1. The van der Waals surface area contributed by atoms with E-state index in [1.807, 2.05) is 36.4 Å². The van der Waals surface area contributed by atoms with Crippen LogP contribution in [-0.4, -0.2) is 5.11 Å². The Balaban J connectivity index is 0.000000126. The highest BCUT2D eigenvalue weighted by Crippen LogP contribution is 2.23. The third kappa shape index (κ3) is 3.25. The Kier molecular flexibility index (Phi) is 4.20. The van der Waals surface area contributed by atoms with Crippen molar-refractivity contribution in [3.63, 3.8) is 0 Å². The summed E-state index contributed by atoms with van der Waals surface area (Å²) in [6, 6.07) is 22.1. The van der Waals surface area contributed by atoms with Crippen LogP contribution in [-0.2, 0) is 12.8 Å². The van der Waals surface area contributed by atoms with Crippen molar-refractivity contribution in [2.45, 2.75) is 25.7 Å². The van der Waals surface area contributed by atoms with Crippen LogP contribution in [0.5, 0.6) is 5.75 Å². The van der Waals surface area contributed by atoms with Crippen LogP contribution in [0.4, 0.5) is 0 Å². The molecule has 1 nitrogen and oxygen atoms in total. The van der Waals surface area contributed by atoms with E-state index in [-0.39, 0.29) is 0 Å². The average molecular weight is 276 g/mol. The van der Waals surface area contributed by atoms with Crippen molar-refractivity contribution in [3.05, 3.63) is 77.9 Å². The summed E-state index contributed by atoms with van der Waals surface area (Å²) in [5.74, 6) is 0.350. The van der Waals surface area contributed by atoms with Gasteiger partial charge in [-0.15, -0.1) is 0 Å². The van der Waals surface area contributed by atoms with Gasteiger partial charge in [-0.2, -0.15) is 0 Å². The van der Waals surface area contributed by atoms with E-state index in [0.29, 0.717) is 5.75 Å². The first-order valence-electron chi connectivity index (χ1n) is 7.58. The first-order valence-corrected chi connectivity index (χ1v) is 7.58. The second kappa shape index (κ2) is 6.45. The van der Waals surface area contributed by atoms with E-state index in [0.717, 1.165) is 10.8 Å². The van der Waals surface area contributed by atoms with Crippen LogP contribution in [0, 0.1) is 0 Å². The molecule has 0 heterocycles. The zero-order valence-corrected chi connectivity index (χ0v) is 12.1. The number of hydrogen-bond acceptors (Lipinski definition) is 1. The topological polar surface area (TPSA) is 20.2 Å². The largest absolute Gasteiger partial charge is 0.507 e. The fourth-order valence-corrected chi connectivity index (χ4v) is 2.88. The van der Waals surface area contributed by atoms with Crippen LogP contribution in [0.2, 0.25) is 0 Å². The minimum absolute atomic E-state index is 0.350. The van der Waals surface area contributed by atoms with Crippen LogP contribution in [0.15, 0.2) is 66.7 Å². The molecule has 21 heavy (non-hydrogen) atoms.